The van der Waals surface area contributed by atoms with Crippen LogP contribution in [0.25, 0.3) is 10.6 Å². The van der Waals surface area contributed by atoms with E-state index in [1.165, 1.54) is 33.4 Å². The van der Waals surface area contributed by atoms with Crippen LogP contribution in [0, 0.1) is 0 Å². The second kappa shape index (κ2) is 7.24. The van der Waals surface area contributed by atoms with Gasteiger partial charge in [-0.2, -0.15) is 5.10 Å². The van der Waals surface area contributed by atoms with Crippen molar-refractivity contribution in [1.82, 2.24) is 20.2 Å². The van der Waals surface area contributed by atoms with Gasteiger partial charge in [0.25, 0.3) is 0 Å². The van der Waals surface area contributed by atoms with Gasteiger partial charge in [-0.3, -0.25) is 5.10 Å². The number of H-pyrrole nitrogens is 1. The summed E-state index contributed by atoms with van der Waals surface area (Å²) in [5.41, 5.74) is 0.963. The first kappa shape index (κ1) is 16.3. The molecule has 3 N–H and O–H groups in total. The van der Waals surface area contributed by atoms with E-state index in [-0.39, 0.29) is 11.4 Å². The minimum absolute atomic E-state index is 0.0706. The van der Waals surface area contributed by atoms with Gasteiger partial charge in [0.15, 0.2) is 15.3 Å². The molecule has 0 saturated heterocycles. The maximum atomic E-state index is 10.5. The monoisotopic (exact) mass is 402 g/mol. The average Bonchev–Trinajstić information content (AvgIpc) is 3.20. The van der Waals surface area contributed by atoms with Gasteiger partial charge in [-0.05, 0) is 15.9 Å². The van der Waals surface area contributed by atoms with Gasteiger partial charge in [-0.25, -0.2) is 19.6 Å². The highest BCUT2D eigenvalue weighted by molar-refractivity contribution is 9.11. The van der Waals surface area contributed by atoms with E-state index in [0.29, 0.717) is 8.92 Å². The van der Waals surface area contributed by atoms with Crippen molar-refractivity contribution in [3.8, 4) is 10.6 Å². The van der Waals surface area contributed by atoms with Gasteiger partial charge in [-0.15, -0.1) is 22.7 Å². The number of aromatic nitrogens is 4. The van der Waals surface area contributed by atoms with E-state index in [0.717, 1.165) is 5.56 Å². The lowest BCUT2D eigenvalue weighted by Crippen LogP contribution is -1.95. The van der Waals surface area contributed by atoms with Gasteiger partial charge in [0, 0.05) is 22.5 Å². The fourth-order valence-electron chi connectivity index (χ4n) is 1.22. The number of halogens is 1. The predicted octanol–water partition coefficient (Wildman–Crippen LogP) is 2.84. The van der Waals surface area contributed by atoms with Crippen molar-refractivity contribution in [3.63, 3.8) is 0 Å². The third kappa shape index (κ3) is 4.19. The summed E-state index contributed by atoms with van der Waals surface area (Å²) in [6.45, 7) is 0. The summed E-state index contributed by atoms with van der Waals surface area (Å²) in [6, 6.07) is 0. The molecular formula is C11H7BrN4O4S2. The van der Waals surface area contributed by atoms with E-state index in [1.54, 1.807) is 12.4 Å². The van der Waals surface area contributed by atoms with Crippen LogP contribution in [0.3, 0.4) is 0 Å². The third-order valence-electron chi connectivity index (χ3n) is 2.16. The number of rotatable bonds is 3. The van der Waals surface area contributed by atoms with Crippen LogP contribution in [0.1, 0.15) is 21.0 Å². The van der Waals surface area contributed by atoms with Crippen molar-refractivity contribution in [2.24, 2.45) is 0 Å². The molecule has 0 aliphatic carbocycles. The standard InChI is InChI=1S/C7H5N3O2S.C4H2BrNO2S/c11-7(12)5-3-13-6(10-5)4-1-8-9-2-4;5-4-6-2(1-9-4)3(7)8/h1-3H,(H,8,9)(H,11,12);1H,(H,7,8). The van der Waals surface area contributed by atoms with E-state index in [2.05, 4.69) is 36.1 Å². The average molecular weight is 403 g/mol. The Bertz CT molecular complexity index is 784. The molecule has 3 aromatic rings. The molecule has 3 aromatic heterocycles. The van der Waals surface area contributed by atoms with Gasteiger partial charge in [0.2, 0.25) is 0 Å². The van der Waals surface area contributed by atoms with Gasteiger partial charge < -0.3 is 10.2 Å². The molecule has 0 spiro atoms. The summed E-state index contributed by atoms with van der Waals surface area (Å²) in [5, 5.41) is 27.0. The van der Waals surface area contributed by atoms with Crippen molar-refractivity contribution in [1.29, 1.82) is 0 Å². The largest absolute Gasteiger partial charge is 0.476 e. The number of aromatic carboxylic acids is 2. The number of nitrogens with zero attached hydrogens (tertiary/aromatic N) is 3. The quantitative estimate of drug-likeness (QED) is 0.613. The van der Waals surface area contributed by atoms with E-state index in [1.807, 2.05) is 0 Å². The zero-order chi connectivity index (χ0) is 16.1. The molecule has 0 atom stereocenters. The van der Waals surface area contributed by atoms with Crippen molar-refractivity contribution < 1.29 is 19.8 Å². The summed E-state index contributed by atoms with van der Waals surface area (Å²) in [6.07, 6.45) is 3.27. The summed E-state index contributed by atoms with van der Waals surface area (Å²) in [4.78, 5) is 28.2. The van der Waals surface area contributed by atoms with Crippen LogP contribution in [0.2, 0.25) is 0 Å². The fourth-order valence-corrected chi connectivity index (χ4v) is 2.98. The minimum atomic E-state index is -1.01. The fraction of sp³-hybridized carbons (Fsp3) is 0. The van der Waals surface area contributed by atoms with Crippen LogP contribution in [-0.2, 0) is 0 Å². The van der Waals surface area contributed by atoms with Gasteiger partial charge in [-0.1, -0.05) is 0 Å². The zero-order valence-corrected chi connectivity index (χ0v) is 13.8. The van der Waals surface area contributed by atoms with Crippen LogP contribution in [0.4, 0.5) is 0 Å². The molecular weight excluding hydrogens is 396 g/mol. The molecule has 0 fully saturated rings. The van der Waals surface area contributed by atoms with Crippen molar-refractivity contribution in [3.05, 3.63) is 38.5 Å². The van der Waals surface area contributed by atoms with Crippen molar-refractivity contribution >= 4 is 50.5 Å². The zero-order valence-electron chi connectivity index (χ0n) is 10.6. The molecule has 3 heterocycles. The first-order chi connectivity index (χ1) is 10.5. The number of carboxylic acids is 2. The van der Waals surface area contributed by atoms with Crippen LogP contribution in [0.15, 0.2) is 27.1 Å². The van der Waals surface area contributed by atoms with Crippen LogP contribution in [-0.4, -0.2) is 42.3 Å². The summed E-state index contributed by atoms with van der Waals surface area (Å²) in [5.74, 6) is -2.00. The maximum Gasteiger partial charge on any atom is 0.355 e. The molecule has 8 nitrogen and oxygen atoms in total. The first-order valence-corrected chi connectivity index (χ1v) is 8.05. The number of nitrogens with one attached hydrogen (secondary N) is 1. The van der Waals surface area contributed by atoms with E-state index >= 15 is 0 Å². The smallest absolute Gasteiger partial charge is 0.355 e. The Balaban J connectivity index is 0.000000172. The first-order valence-electron chi connectivity index (χ1n) is 5.49. The molecule has 0 unspecified atom stereocenters. The highest BCUT2D eigenvalue weighted by atomic mass is 79.9. The molecule has 22 heavy (non-hydrogen) atoms. The predicted molar refractivity (Wildman–Crippen MR) is 83.4 cm³/mol. The Morgan fingerprint density at radius 3 is 2.14 bits per heavy atom. The number of carbonyl (C=O) groups is 2. The second-order valence-corrected chi connectivity index (χ2v) is 6.61. The number of hydrogen-bond donors (Lipinski definition) is 3. The van der Waals surface area contributed by atoms with Gasteiger partial charge in [0.05, 0.1) is 6.20 Å². The molecule has 114 valence electrons. The highest BCUT2D eigenvalue weighted by Crippen LogP contribution is 2.22. The lowest BCUT2D eigenvalue weighted by atomic mass is 10.4. The molecule has 0 aliphatic heterocycles. The molecule has 0 amide bonds. The Hall–Kier alpha value is -2.11. The topological polar surface area (TPSA) is 129 Å². The number of carboxylic acid groups (broad SMARTS) is 2. The molecule has 0 aromatic carbocycles. The Labute approximate surface area is 139 Å². The molecule has 3 rings (SSSR count). The van der Waals surface area contributed by atoms with Gasteiger partial charge in [0.1, 0.15) is 5.01 Å². The lowest BCUT2D eigenvalue weighted by Gasteiger charge is -1.85. The number of thiazole rings is 2. The van der Waals surface area contributed by atoms with Gasteiger partial charge >= 0.3 is 11.9 Å². The third-order valence-corrected chi connectivity index (χ3v) is 4.42. The normalized spacial score (nSPS) is 9.86. The van der Waals surface area contributed by atoms with Crippen LogP contribution in [0.5, 0.6) is 0 Å². The Kier molecular flexibility index (Phi) is 5.35. The number of hydrogen-bond acceptors (Lipinski definition) is 7. The summed E-state index contributed by atoms with van der Waals surface area (Å²) in [7, 11) is 0. The van der Waals surface area contributed by atoms with Crippen LogP contribution >= 0.6 is 38.6 Å². The molecule has 0 saturated carbocycles. The van der Waals surface area contributed by atoms with Crippen molar-refractivity contribution in [2.75, 3.05) is 0 Å². The number of aromatic amines is 1. The van der Waals surface area contributed by atoms with Crippen molar-refractivity contribution in [2.45, 2.75) is 0 Å². The molecule has 0 radical (unpaired) electrons. The SMILES string of the molecule is O=C(O)c1csc(-c2cn[nH]c2)n1.O=C(O)c1csc(Br)n1. The second-order valence-electron chi connectivity index (χ2n) is 3.62. The summed E-state index contributed by atoms with van der Waals surface area (Å²) >= 11 is 5.59. The molecule has 0 bridgehead atoms. The Morgan fingerprint density at radius 2 is 1.73 bits per heavy atom. The maximum absolute atomic E-state index is 10.5. The van der Waals surface area contributed by atoms with E-state index < -0.39 is 11.9 Å². The highest BCUT2D eigenvalue weighted by Gasteiger charge is 2.10. The molecule has 11 heteroatoms. The lowest BCUT2D eigenvalue weighted by molar-refractivity contribution is 0.0680. The van der Waals surface area contributed by atoms with E-state index in [4.69, 9.17) is 10.2 Å². The van der Waals surface area contributed by atoms with Crippen LogP contribution < -0.4 is 0 Å². The van der Waals surface area contributed by atoms with E-state index in [9.17, 15) is 9.59 Å². The Morgan fingerprint density at radius 1 is 1.09 bits per heavy atom. The minimum Gasteiger partial charge on any atom is -0.476 e. The molecule has 0 aliphatic rings. The summed E-state index contributed by atoms with van der Waals surface area (Å²) < 4.78 is 0.597.